The topological polar surface area (TPSA) is 41.5 Å². The summed E-state index contributed by atoms with van der Waals surface area (Å²) >= 11 is 0. The number of halogens is 1. The van der Waals surface area contributed by atoms with Crippen LogP contribution in [0.2, 0.25) is 0 Å². The number of aromatic hydroxyl groups is 1. The summed E-state index contributed by atoms with van der Waals surface area (Å²) in [6.07, 6.45) is 2.38. The molecule has 1 aromatic carbocycles. The molecule has 0 bridgehead atoms. The van der Waals surface area contributed by atoms with Crippen LogP contribution in [0, 0.1) is 0 Å². The maximum absolute atomic E-state index is 9.43. The maximum Gasteiger partial charge on any atom is 0.160 e. The highest BCUT2D eigenvalue weighted by Crippen LogP contribution is 2.31. The van der Waals surface area contributed by atoms with Gasteiger partial charge in [0.05, 0.1) is 7.11 Å². The summed E-state index contributed by atoms with van der Waals surface area (Å²) in [6, 6.07) is 5.96. The van der Waals surface area contributed by atoms with E-state index in [1.807, 2.05) is 12.1 Å². The Labute approximate surface area is 95.9 Å². The van der Waals surface area contributed by atoms with Crippen LogP contribution in [0.5, 0.6) is 11.5 Å². The molecule has 2 N–H and O–H groups in total. The summed E-state index contributed by atoms with van der Waals surface area (Å²) in [5, 5.41) is 12.8. The summed E-state index contributed by atoms with van der Waals surface area (Å²) in [4.78, 5) is 0. The average molecular weight is 230 g/mol. The van der Waals surface area contributed by atoms with Crippen LogP contribution in [0.25, 0.3) is 0 Å². The molecular formula is C11H16ClNO2. The molecule has 84 valence electrons. The van der Waals surface area contributed by atoms with Gasteiger partial charge < -0.3 is 15.2 Å². The van der Waals surface area contributed by atoms with Crippen LogP contribution in [0.3, 0.4) is 0 Å². The predicted octanol–water partition coefficient (Wildman–Crippen LogP) is 2.25. The molecule has 3 nitrogen and oxygen atoms in total. The lowest BCUT2D eigenvalue weighted by atomic mass is 10.0. The lowest BCUT2D eigenvalue weighted by Crippen LogP contribution is -2.12. The Morgan fingerprint density at radius 2 is 2.27 bits per heavy atom. The molecular weight excluding hydrogens is 214 g/mol. The first-order chi connectivity index (χ1) is 6.81. The molecule has 0 unspecified atom stereocenters. The highest BCUT2D eigenvalue weighted by Gasteiger charge is 2.17. The number of phenols is 1. The minimum Gasteiger partial charge on any atom is -0.504 e. The van der Waals surface area contributed by atoms with Gasteiger partial charge in [0.1, 0.15) is 0 Å². The number of nitrogens with one attached hydrogen (secondary N) is 1. The standard InChI is InChI=1S/C11H15NO2.ClH/c1-14-11-7-8(4-5-10(11)13)9-3-2-6-12-9;/h4-5,7,9,12-13H,2-3,6H2,1H3;1H/t9-;/m1./s1. The molecule has 0 amide bonds. The van der Waals surface area contributed by atoms with E-state index in [9.17, 15) is 5.11 Å². The Kier molecular flexibility index (Phi) is 4.24. The van der Waals surface area contributed by atoms with Gasteiger partial charge in [-0.3, -0.25) is 0 Å². The fourth-order valence-corrected chi connectivity index (χ4v) is 1.88. The van der Waals surface area contributed by atoms with E-state index in [1.165, 1.54) is 12.0 Å². The number of rotatable bonds is 2. The molecule has 0 aliphatic carbocycles. The lowest BCUT2D eigenvalue weighted by Gasteiger charge is -2.12. The van der Waals surface area contributed by atoms with Crippen LogP contribution in [0.4, 0.5) is 0 Å². The number of ether oxygens (including phenoxy) is 1. The molecule has 1 heterocycles. The summed E-state index contributed by atoms with van der Waals surface area (Å²) in [5.41, 5.74) is 1.19. The van der Waals surface area contributed by atoms with Gasteiger partial charge in [0.25, 0.3) is 0 Å². The molecule has 2 rings (SSSR count). The fraction of sp³-hybridized carbons (Fsp3) is 0.455. The average Bonchev–Trinajstić information content (AvgIpc) is 2.71. The SMILES string of the molecule is COc1cc([C@H]2CCCN2)ccc1O.Cl. The summed E-state index contributed by atoms with van der Waals surface area (Å²) in [5.74, 6) is 0.755. The molecule has 4 heteroatoms. The van der Waals surface area contributed by atoms with Gasteiger partial charge in [-0.25, -0.2) is 0 Å². The smallest absolute Gasteiger partial charge is 0.160 e. The first-order valence-corrected chi connectivity index (χ1v) is 4.91. The Bertz CT molecular complexity index is 324. The van der Waals surface area contributed by atoms with Crippen molar-refractivity contribution < 1.29 is 9.84 Å². The van der Waals surface area contributed by atoms with Crippen molar-refractivity contribution in [2.24, 2.45) is 0 Å². The van der Waals surface area contributed by atoms with E-state index in [1.54, 1.807) is 13.2 Å². The van der Waals surface area contributed by atoms with E-state index in [0.29, 0.717) is 11.8 Å². The number of phenolic OH excluding ortho intramolecular Hbond substituents is 1. The second kappa shape index (κ2) is 5.24. The molecule has 1 saturated heterocycles. The zero-order valence-corrected chi connectivity index (χ0v) is 9.51. The quantitative estimate of drug-likeness (QED) is 0.818. The van der Waals surface area contributed by atoms with Gasteiger partial charge in [0.2, 0.25) is 0 Å². The van der Waals surface area contributed by atoms with Crippen molar-refractivity contribution >= 4 is 12.4 Å². The van der Waals surface area contributed by atoms with Gasteiger partial charge in [0.15, 0.2) is 11.5 Å². The highest BCUT2D eigenvalue weighted by molar-refractivity contribution is 5.85. The molecule has 0 aromatic heterocycles. The van der Waals surface area contributed by atoms with Gasteiger partial charge in [-0.15, -0.1) is 12.4 Å². The van der Waals surface area contributed by atoms with Crippen LogP contribution in [-0.2, 0) is 0 Å². The maximum atomic E-state index is 9.43. The third-order valence-electron chi connectivity index (χ3n) is 2.67. The second-order valence-corrected chi connectivity index (χ2v) is 3.58. The monoisotopic (exact) mass is 229 g/mol. The van der Waals surface area contributed by atoms with Crippen LogP contribution in [0.15, 0.2) is 18.2 Å². The van der Waals surface area contributed by atoms with Crippen molar-refractivity contribution in [3.8, 4) is 11.5 Å². The fourth-order valence-electron chi connectivity index (χ4n) is 1.88. The van der Waals surface area contributed by atoms with Crippen molar-refractivity contribution in [1.82, 2.24) is 5.32 Å². The van der Waals surface area contributed by atoms with E-state index >= 15 is 0 Å². The molecule has 1 atom stereocenters. The molecule has 15 heavy (non-hydrogen) atoms. The van der Waals surface area contributed by atoms with E-state index in [4.69, 9.17) is 4.74 Å². The highest BCUT2D eigenvalue weighted by atomic mass is 35.5. The minimum absolute atomic E-state index is 0. The predicted molar refractivity (Wildman–Crippen MR) is 61.9 cm³/mol. The van der Waals surface area contributed by atoms with Crippen molar-refractivity contribution in [3.05, 3.63) is 23.8 Å². The zero-order valence-electron chi connectivity index (χ0n) is 8.69. The first-order valence-electron chi connectivity index (χ1n) is 4.91. The molecule has 1 fully saturated rings. The first kappa shape index (κ1) is 12.1. The van der Waals surface area contributed by atoms with E-state index in [0.717, 1.165) is 13.0 Å². The van der Waals surface area contributed by atoms with E-state index in [2.05, 4.69) is 5.32 Å². The van der Waals surface area contributed by atoms with Crippen LogP contribution < -0.4 is 10.1 Å². The van der Waals surface area contributed by atoms with Crippen LogP contribution in [-0.4, -0.2) is 18.8 Å². The number of hydrogen-bond donors (Lipinski definition) is 2. The van der Waals surface area contributed by atoms with Crippen molar-refractivity contribution in [3.63, 3.8) is 0 Å². The Morgan fingerprint density at radius 1 is 1.47 bits per heavy atom. The lowest BCUT2D eigenvalue weighted by molar-refractivity contribution is 0.372. The zero-order chi connectivity index (χ0) is 9.97. The van der Waals surface area contributed by atoms with Gasteiger partial charge in [-0.2, -0.15) is 0 Å². The second-order valence-electron chi connectivity index (χ2n) is 3.58. The third-order valence-corrected chi connectivity index (χ3v) is 2.67. The Morgan fingerprint density at radius 3 is 2.87 bits per heavy atom. The van der Waals surface area contributed by atoms with E-state index in [-0.39, 0.29) is 18.2 Å². The molecule has 0 saturated carbocycles. The number of hydrogen-bond acceptors (Lipinski definition) is 3. The van der Waals surface area contributed by atoms with Crippen LogP contribution in [0.1, 0.15) is 24.4 Å². The van der Waals surface area contributed by atoms with Crippen molar-refractivity contribution in [1.29, 1.82) is 0 Å². The van der Waals surface area contributed by atoms with E-state index < -0.39 is 0 Å². The summed E-state index contributed by atoms with van der Waals surface area (Å²) in [7, 11) is 1.57. The van der Waals surface area contributed by atoms with Crippen molar-refractivity contribution in [2.75, 3.05) is 13.7 Å². The number of benzene rings is 1. The van der Waals surface area contributed by atoms with Crippen LogP contribution >= 0.6 is 12.4 Å². The molecule has 1 aliphatic heterocycles. The molecule has 1 aliphatic rings. The Balaban J connectivity index is 0.00000112. The molecule has 0 spiro atoms. The Hall–Kier alpha value is -0.930. The van der Waals surface area contributed by atoms with Gasteiger partial charge in [-0.1, -0.05) is 6.07 Å². The largest absolute Gasteiger partial charge is 0.504 e. The van der Waals surface area contributed by atoms with Gasteiger partial charge >= 0.3 is 0 Å². The normalized spacial score (nSPS) is 19.7. The van der Waals surface area contributed by atoms with Gasteiger partial charge in [-0.05, 0) is 37.1 Å². The summed E-state index contributed by atoms with van der Waals surface area (Å²) in [6.45, 7) is 1.08. The molecule has 1 aromatic rings. The third kappa shape index (κ3) is 2.55. The minimum atomic E-state index is 0. The summed E-state index contributed by atoms with van der Waals surface area (Å²) < 4.78 is 5.07. The molecule has 0 radical (unpaired) electrons. The number of methoxy groups -OCH3 is 1. The van der Waals surface area contributed by atoms with Crippen molar-refractivity contribution in [2.45, 2.75) is 18.9 Å². The van der Waals surface area contributed by atoms with Gasteiger partial charge in [0, 0.05) is 6.04 Å².